The Morgan fingerprint density at radius 3 is 2.55 bits per heavy atom. The minimum atomic E-state index is -1.09. The molecule has 1 aliphatic carbocycles. The normalized spacial score (nSPS) is 16.8. The van der Waals surface area contributed by atoms with E-state index in [2.05, 4.69) is 20.3 Å². The number of rotatable bonds is 10. The molecule has 0 saturated heterocycles. The van der Waals surface area contributed by atoms with Crippen LogP contribution in [0.4, 0.5) is 10.1 Å². The summed E-state index contributed by atoms with van der Waals surface area (Å²) >= 11 is 0. The average molecular weight is 573 g/mol. The van der Waals surface area contributed by atoms with Crippen molar-refractivity contribution < 1.29 is 23.5 Å². The number of amides is 2. The summed E-state index contributed by atoms with van der Waals surface area (Å²) in [6.45, 7) is 2.13. The predicted molar refractivity (Wildman–Crippen MR) is 154 cm³/mol. The van der Waals surface area contributed by atoms with Gasteiger partial charge in [0.15, 0.2) is 11.9 Å². The van der Waals surface area contributed by atoms with E-state index in [0.717, 1.165) is 18.5 Å². The van der Waals surface area contributed by atoms with E-state index in [1.807, 2.05) is 14.0 Å². The van der Waals surface area contributed by atoms with Gasteiger partial charge in [0.05, 0.1) is 13.2 Å². The summed E-state index contributed by atoms with van der Waals surface area (Å²) in [6, 6.07) is 13.1. The molecule has 0 radical (unpaired) electrons. The van der Waals surface area contributed by atoms with Crippen molar-refractivity contribution in [2.75, 3.05) is 26.1 Å². The van der Waals surface area contributed by atoms with Crippen LogP contribution in [0.3, 0.4) is 0 Å². The molecule has 10 nitrogen and oxygen atoms in total. The number of halogens is 1. The van der Waals surface area contributed by atoms with Gasteiger partial charge in [-0.25, -0.2) is 19.3 Å². The fourth-order valence-corrected chi connectivity index (χ4v) is 5.06. The number of benzene rings is 2. The number of hydrogen-bond acceptors (Lipinski definition) is 7. The summed E-state index contributed by atoms with van der Waals surface area (Å²) < 4.78 is 26.3. The summed E-state index contributed by atoms with van der Waals surface area (Å²) in [4.78, 5) is 43.3. The molecule has 2 heterocycles. The Balaban J connectivity index is 1.56. The topological polar surface area (TPSA) is 111 Å². The number of nitrogens with one attached hydrogen (secondary N) is 1. The van der Waals surface area contributed by atoms with Crippen LogP contribution in [-0.4, -0.2) is 63.1 Å². The van der Waals surface area contributed by atoms with Crippen molar-refractivity contribution in [3.63, 3.8) is 0 Å². The highest BCUT2D eigenvalue weighted by Gasteiger charge is 2.41. The van der Waals surface area contributed by atoms with Crippen LogP contribution in [0.1, 0.15) is 40.9 Å². The standard InChI is InChI=1S/C31H33FN6O4/c1-19-17-34-29(37(19)2)27(30(39)35-23-6-5-7-24(16-23)41-3)38(18-21-10-13-26(21)42-4)31(40)25-14-15-33-28(36-25)20-8-11-22(32)12-9-20/h5-9,11-12,14-17,21,26-27H,10,13,18H2,1-4H3,(H,35,39)/t21-,26+,27?/m0/s1. The third kappa shape index (κ3) is 6.01. The molecule has 2 aromatic heterocycles. The van der Waals surface area contributed by atoms with E-state index >= 15 is 0 Å². The van der Waals surface area contributed by atoms with Crippen LogP contribution in [0, 0.1) is 18.7 Å². The van der Waals surface area contributed by atoms with Gasteiger partial charge in [-0.3, -0.25) is 9.59 Å². The number of nitrogens with zero attached hydrogens (tertiary/aromatic N) is 5. The fourth-order valence-electron chi connectivity index (χ4n) is 5.06. The number of hydrogen-bond donors (Lipinski definition) is 1. The molecule has 2 amide bonds. The zero-order chi connectivity index (χ0) is 29.8. The number of ether oxygens (including phenoxy) is 2. The molecule has 11 heteroatoms. The SMILES string of the molecule is COc1cccc(NC(=O)C(c2ncc(C)n2C)N(C[C@@H]2CC[C@H]2OC)C(=O)c2ccnc(-c3ccc(F)cc3)n2)c1. The van der Waals surface area contributed by atoms with E-state index in [-0.39, 0.29) is 35.9 Å². The molecule has 1 aliphatic rings. The summed E-state index contributed by atoms with van der Waals surface area (Å²) in [5.74, 6) is -0.0181. The van der Waals surface area contributed by atoms with Gasteiger partial charge in [-0.1, -0.05) is 6.07 Å². The molecular weight excluding hydrogens is 539 g/mol. The molecule has 1 fully saturated rings. The van der Waals surface area contributed by atoms with Crippen LogP contribution in [0.5, 0.6) is 5.75 Å². The van der Waals surface area contributed by atoms with Crippen LogP contribution < -0.4 is 10.1 Å². The largest absolute Gasteiger partial charge is 0.497 e. The first-order valence-electron chi connectivity index (χ1n) is 13.6. The maximum atomic E-state index is 14.3. The Kier molecular flexibility index (Phi) is 8.58. The molecular formula is C31H33FN6O4. The highest BCUT2D eigenvalue weighted by molar-refractivity contribution is 6.00. The number of carbonyl (C=O) groups is 2. The van der Waals surface area contributed by atoms with E-state index in [0.29, 0.717) is 22.8 Å². The van der Waals surface area contributed by atoms with Crippen LogP contribution in [0.15, 0.2) is 67.0 Å². The fraction of sp³-hybridized carbons (Fsp3) is 0.323. The first-order valence-corrected chi connectivity index (χ1v) is 13.6. The molecule has 0 spiro atoms. The lowest BCUT2D eigenvalue weighted by Gasteiger charge is -2.40. The van der Waals surface area contributed by atoms with E-state index in [1.165, 1.54) is 29.3 Å². The third-order valence-electron chi connectivity index (χ3n) is 7.72. The van der Waals surface area contributed by atoms with Crippen molar-refractivity contribution in [3.8, 4) is 17.1 Å². The third-order valence-corrected chi connectivity index (χ3v) is 7.72. The summed E-state index contributed by atoms with van der Waals surface area (Å²) in [5, 5.41) is 2.95. The van der Waals surface area contributed by atoms with Crippen molar-refractivity contribution in [1.29, 1.82) is 0 Å². The second kappa shape index (κ2) is 12.5. The quantitative estimate of drug-likeness (QED) is 0.296. The molecule has 5 rings (SSSR count). The molecule has 4 aromatic rings. The van der Waals surface area contributed by atoms with Gasteiger partial charge in [-0.05, 0) is 62.2 Å². The monoisotopic (exact) mass is 572 g/mol. The van der Waals surface area contributed by atoms with Crippen LogP contribution in [-0.2, 0) is 16.6 Å². The first kappa shape index (κ1) is 28.9. The van der Waals surface area contributed by atoms with Gasteiger partial charge < -0.3 is 24.3 Å². The zero-order valence-electron chi connectivity index (χ0n) is 24.0. The molecule has 1 saturated carbocycles. The molecule has 1 N–H and O–H groups in total. The van der Waals surface area contributed by atoms with Crippen LogP contribution in [0.25, 0.3) is 11.4 Å². The van der Waals surface area contributed by atoms with E-state index in [1.54, 1.807) is 61.4 Å². The second-order valence-electron chi connectivity index (χ2n) is 10.3. The first-order chi connectivity index (χ1) is 20.3. The Hall–Kier alpha value is -4.64. The van der Waals surface area contributed by atoms with Gasteiger partial charge in [0.2, 0.25) is 0 Å². The number of aryl methyl sites for hydroxylation is 1. The molecule has 218 valence electrons. The van der Waals surface area contributed by atoms with Crippen LogP contribution >= 0.6 is 0 Å². The summed E-state index contributed by atoms with van der Waals surface area (Å²) in [5.41, 5.74) is 2.00. The molecule has 3 atom stereocenters. The van der Waals surface area contributed by atoms with Crippen molar-refractivity contribution in [3.05, 3.63) is 90.0 Å². The van der Waals surface area contributed by atoms with Gasteiger partial charge in [0, 0.05) is 62.0 Å². The Morgan fingerprint density at radius 1 is 1.12 bits per heavy atom. The number of imidazole rings is 1. The Labute approximate surface area is 243 Å². The lowest BCUT2D eigenvalue weighted by atomic mass is 9.81. The van der Waals surface area contributed by atoms with Crippen molar-refractivity contribution in [1.82, 2.24) is 24.4 Å². The summed E-state index contributed by atoms with van der Waals surface area (Å²) in [7, 11) is 5.01. The van der Waals surface area contributed by atoms with Crippen LogP contribution in [0.2, 0.25) is 0 Å². The van der Waals surface area contributed by atoms with Gasteiger partial charge in [0.1, 0.15) is 23.1 Å². The van der Waals surface area contributed by atoms with Gasteiger partial charge in [-0.2, -0.15) is 0 Å². The lowest BCUT2D eigenvalue weighted by Crippen LogP contribution is -2.49. The molecule has 0 aliphatic heterocycles. The number of aromatic nitrogens is 4. The Morgan fingerprint density at radius 2 is 1.90 bits per heavy atom. The van der Waals surface area contributed by atoms with Crippen molar-refractivity contribution in [2.45, 2.75) is 31.9 Å². The molecule has 0 bridgehead atoms. The van der Waals surface area contributed by atoms with Gasteiger partial charge in [-0.15, -0.1) is 0 Å². The predicted octanol–water partition coefficient (Wildman–Crippen LogP) is 4.58. The molecule has 1 unspecified atom stereocenters. The van der Waals surface area contributed by atoms with Crippen molar-refractivity contribution >= 4 is 17.5 Å². The van der Waals surface area contributed by atoms with E-state index < -0.39 is 17.9 Å². The maximum Gasteiger partial charge on any atom is 0.273 e. The second-order valence-corrected chi connectivity index (χ2v) is 10.3. The van der Waals surface area contributed by atoms with Crippen molar-refractivity contribution in [2.24, 2.45) is 13.0 Å². The van der Waals surface area contributed by atoms with E-state index in [9.17, 15) is 14.0 Å². The number of anilines is 1. The highest BCUT2D eigenvalue weighted by atomic mass is 19.1. The van der Waals surface area contributed by atoms with E-state index in [4.69, 9.17) is 9.47 Å². The smallest absolute Gasteiger partial charge is 0.273 e. The Bertz CT molecular complexity index is 1570. The summed E-state index contributed by atoms with van der Waals surface area (Å²) in [6.07, 6.45) is 4.83. The minimum Gasteiger partial charge on any atom is -0.497 e. The maximum absolute atomic E-state index is 14.3. The number of methoxy groups -OCH3 is 2. The minimum absolute atomic E-state index is 0.0193. The zero-order valence-corrected chi connectivity index (χ0v) is 24.0. The molecule has 42 heavy (non-hydrogen) atoms. The molecule has 2 aromatic carbocycles. The van der Waals surface area contributed by atoms with Gasteiger partial charge >= 0.3 is 0 Å². The average Bonchev–Trinajstić information content (AvgIpc) is 3.31. The lowest BCUT2D eigenvalue weighted by molar-refractivity contribution is -0.122. The highest BCUT2D eigenvalue weighted by Crippen LogP contribution is 2.34. The number of carbonyl (C=O) groups excluding carboxylic acids is 2. The van der Waals surface area contributed by atoms with Gasteiger partial charge in [0.25, 0.3) is 11.8 Å².